The van der Waals surface area contributed by atoms with E-state index in [0.717, 1.165) is 51.1 Å². The molecule has 2 fully saturated rings. The molecule has 3 heterocycles. The second kappa shape index (κ2) is 13.3. The lowest BCUT2D eigenvalue weighted by Gasteiger charge is -2.40. The lowest BCUT2D eigenvalue weighted by atomic mass is 9.74. The summed E-state index contributed by atoms with van der Waals surface area (Å²) >= 11 is 0. The summed E-state index contributed by atoms with van der Waals surface area (Å²) in [6, 6.07) is 11.3. The Hall–Kier alpha value is -2.65. The summed E-state index contributed by atoms with van der Waals surface area (Å²) in [5, 5.41) is 3.77. The van der Waals surface area contributed by atoms with Gasteiger partial charge in [0, 0.05) is 50.5 Å². The molecule has 1 amide bonds. The maximum absolute atomic E-state index is 14.2. The Morgan fingerprint density at radius 2 is 1.90 bits per heavy atom. The van der Waals surface area contributed by atoms with Crippen molar-refractivity contribution in [2.75, 3.05) is 26.4 Å². The van der Waals surface area contributed by atoms with E-state index in [4.69, 9.17) is 9.47 Å². The molecule has 0 unspecified atom stereocenters. The maximum Gasteiger partial charge on any atom is 0.418 e. The van der Waals surface area contributed by atoms with Crippen LogP contribution in [0.2, 0.25) is 0 Å². The minimum absolute atomic E-state index is 0.0791. The average molecular weight is 588 g/mol. The van der Waals surface area contributed by atoms with Gasteiger partial charge in [0.1, 0.15) is 5.75 Å². The number of rotatable bonds is 10. The van der Waals surface area contributed by atoms with Gasteiger partial charge in [-0.2, -0.15) is 13.2 Å². The summed E-state index contributed by atoms with van der Waals surface area (Å²) < 4.78 is 53.7. The van der Waals surface area contributed by atoms with Crippen molar-refractivity contribution < 1.29 is 27.4 Å². The smallest absolute Gasteiger partial charge is 0.418 e. The van der Waals surface area contributed by atoms with Crippen LogP contribution in [0.25, 0.3) is 0 Å². The quantitative estimate of drug-likeness (QED) is 0.328. The molecule has 0 radical (unpaired) electrons. The summed E-state index contributed by atoms with van der Waals surface area (Å²) in [5.41, 5.74) is 0.123. The molecule has 1 N–H and O–H groups in total. The summed E-state index contributed by atoms with van der Waals surface area (Å²) in [6.45, 7) is 6.86. The van der Waals surface area contributed by atoms with E-state index in [1.165, 1.54) is 6.07 Å². The molecular weight excluding hydrogens is 543 g/mol. The lowest BCUT2D eigenvalue weighted by molar-refractivity contribution is -0.146. The molecule has 230 valence electrons. The van der Waals surface area contributed by atoms with Gasteiger partial charge in [0.05, 0.1) is 23.3 Å². The number of pyridine rings is 1. The number of amides is 1. The fourth-order valence-electron chi connectivity index (χ4n) is 6.92. The van der Waals surface area contributed by atoms with Gasteiger partial charge in [-0.05, 0) is 81.0 Å². The number of hydrogen-bond donors (Lipinski definition) is 1. The van der Waals surface area contributed by atoms with E-state index >= 15 is 0 Å². The largest absolute Gasteiger partial charge is 0.494 e. The van der Waals surface area contributed by atoms with E-state index in [0.29, 0.717) is 49.7 Å². The normalized spacial score (nSPS) is 23.3. The predicted octanol–water partition coefficient (Wildman–Crippen LogP) is 6.35. The first-order chi connectivity index (χ1) is 20.2. The molecule has 1 aliphatic carbocycles. The highest BCUT2D eigenvalue weighted by Gasteiger charge is 2.50. The van der Waals surface area contributed by atoms with E-state index in [2.05, 4.69) is 24.1 Å². The van der Waals surface area contributed by atoms with Gasteiger partial charge in [-0.25, -0.2) is 0 Å². The van der Waals surface area contributed by atoms with Crippen LogP contribution in [0.1, 0.15) is 81.3 Å². The molecule has 3 aliphatic rings. The minimum atomic E-state index is -4.50. The number of alkyl halides is 3. The van der Waals surface area contributed by atoms with Crippen LogP contribution in [0.4, 0.5) is 13.2 Å². The Labute approximate surface area is 247 Å². The van der Waals surface area contributed by atoms with Crippen LogP contribution in [0.15, 0.2) is 36.4 Å². The third kappa shape index (κ3) is 7.10. The van der Waals surface area contributed by atoms with Crippen molar-refractivity contribution in [3.05, 3.63) is 58.9 Å². The molecule has 1 saturated carbocycles. The van der Waals surface area contributed by atoms with Gasteiger partial charge < -0.3 is 19.7 Å². The van der Waals surface area contributed by atoms with Crippen LogP contribution in [0.3, 0.4) is 0 Å². The highest BCUT2D eigenvalue weighted by Crippen LogP contribution is 2.47. The molecule has 1 saturated heterocycles. The number of benzene rings is 1. The second-order valence-electron chi connectivity index (χ2n) is 12.5. The molecule has 2 aliphatic heterocycles. The molecule has 6 nitrogen and oxygen atoms in total. The van der Waals surface area contributed by atoms with Crippen LogP contribution in [0.5, 0.6) is 5.75 Å². The van der Waals surface area contributed by atoms with Crippen LogP contribution in [0, 0.1) is 11.3 Å². The fraction of sp³-hybridized carbons (Fsp3) is 0.636. The number of carbonyl (C=O) groups excluding carboxylic acids is 1. The van der Waals surface area contributed by atoms with E-state index in [1.54, 1.807) is 4.90 Å². The molecule has 1 aromatic heterocycles. The number of unbranched alkanes of at least 4 members (excludes halogenated alkanes) is 1. The Kier molecular flexibility index (Phi) is 9.77. The standard InChI is InChI=1S/C33H44F3N3O3/c1-23(2)32(15-11-26(21-32)37-25-13-18-41-19-14-25)31(40)39-16-12-29-24(22-39)20-28(33(34,35)36)30(38-29)10-6-7-17-42-27-8-4-3-5-9-27/h3-5,8-9,20,23,25-26,37H,6-7,10-19,21-22H2,1-2H3/t26-,32+/m1/s1. The Morgan fingerprint density at radius 1 is 1.14 bits per heavy atom. The number of nitrogens with zero attached hydrogens (tertiary/aromatic N) is 2. The molecule has 0 bridgehead atoms. The number of nitrogens with one attached hydrogen (secondary N) is 1. The Bertz CT molecular complexity index is 1200. The summed E-state index contributed by atoms with van der Waals surface area (Å²) in [6.07, 6.45) is 1.86. The van der Waals surface area contributed by atoms with E-state index in [9.17, 15) is 18.0 Å². The monoisotopic (exact) mass is 587 g/mol. The highest BCUT2D eigenvalue weighted by atomic mass is 19.4. The number of halogens is 3. The Balaban J connectivity index is 1.24. The second-order valence-corrected chi connectivity index (χ2v) is 12.5. The first-order valence-electron chi connectivity index (χ1n) is 15.6. The van der Waals surface area contributed by atoms with Crippen LogP contribution in [-0.2, 0) is 35.1 Å². The SMILES string of the molecule is CC(C)[C@]1(C(=O)N2CCc3nc(CCCCOc4ccccc4)c(C(F)(F)F)cc3C2)CC[C@@H](NC2CCOCC2)C1. The molecule has 9 heteroatoms. The average Bonchev–Trinajstić information content (AvgIpc) is 3.41. The van der Waals surface area contributed by atoms with E-state index < -0.39 is 17.2 Å². The van der Waals surface area contributed by atoms with Gasteiger partial charge in [-0.1, -0.05) is 32.0 Å². The first-order valence-corrected chi connectivity index (χ1v) is 15.6. The number of aryl methyl sites for hydroxylation is 1. The lowest BCUT2D eigenvalue weighted by Crippen LogP contribution is -2.49. The van der Waals surface area contributed by atoms with Crippen molar-refractivity contribution >= 4 is 5.91 Å². The summed E-state index contributed by atoms with van der Waals surface area (Å²) in [5.74, 6) is 0.975. The zero-order chi connectivity index (χ0) is 29.7. The topological polar surface area (TPSA) is 63.7 Å². The molecule has 42 heavy (non-hydrogen) atoms. The van der Waals surface area contributed by atoms with Crippen LogP contribution < -0.4 is 10.1 Å². The van der Waals surface area contributed by atoms with Gasteiger partial charge in [-0.3, -0.25) is 9.78 Å². The molecular formula is C33H44F3N3O3. The minimum Gasteiger partial charge on any atom is -0.494 e. The number of aromatic nitrogens is 1. The van der Waals surface area contributed by atoms with Crippen LogP contribution in [-0.4, -0.2) is 54.2 Å². The zero-order valence-corrected chi connectivity index (χ0v) is 24.8. The van der Waals surface area contributed by atoms with Crippen molar-refractivity contribution in [1.29, 1.82) is 0 Å². The molecule has 0 spiro atoms. The number of ether oxygens (including phenoxy) is 2. The van der Waals surface area contributed by atoms with Gasteiger partial charge >= 0.3 is 6.18 Å². The highest BCUT2D eigenvalue weighted by molar-refractivity contribution is 5.83. The third-order valence-corrected chi connectivity index (χ3v) is 9.44. The number of carbonyl (C=O) groups is 1. The molecule has 5 rings (SSSR count). The summed E-state index contributed by atoms with van der Waals surface area (Å²) in [7, 11) is 0. The fourth-order valence-corrected chi connectivity index (χ4v) is 6.92. The van der Waals surface area contributed by atoms with Gasteiger partial charge in [0.2, 0.25) is 5.91 Å². The molecule has 2 atom stereocenters. The zero-order valence-electron chi connectivity index (χ0n) is 24.8. The first kappa shape index (κ1) is 30.8. The van der Waals surface area contributed by atoms with Crippen molar-refractivity contribution in [3.63, 3.8) is 0 Å². The molecule has 1 aromatic carbocycles. The Morgan fingerprint density at radius 3 is 2.62 bits per heavy atom. The van der Waals surface area contributed by atoms with Gasteiger partial charge in [-0.15, -0.1) is 0 Å². The van der Waals surface area contributed by atoms with Crippen molar-refractivity contribution in [3.8, 4) is 5.75 Å². The summed E-state index contributed by atoms with van der Waals surface area (Å²) in [4.78, 5) is 20.4. The number of para-hydroxylation sites is 1. The van der Waals surface area contributed by atoms with Crippen molar-refractivity contribution in [1.82, 2.24) is 15.2 Å². The predicted molar refractivity (Wildman–Crippen MR) is 155 cm³/mol. The van der Waals surface area contributed by atoms with E-state index in [1.807, 2.05) is 30.3 Å². The third-order valence-electron chi connectivity index (χ3n) is 9.44. The maximum atomic E-state index is 14.2. The van der Waals surface area contributed by atoms with Gasteiger partial charge in [0.15, 0.2) is 0 Å². The van der Waals surface area contributed by atoms with Crippen LogP contribution >= 0.6 is 0 Å². The number of hydrogen-bond acceptors (Lipinski definition) is 5. The molecule has 2 aromatic rings. The number of fused-ring (bicyclic) bond motifs is 1. The van der Waals surface area contributed by atoms with Gasteiger partial charge in [0.25, 0.3) is 0 Å². The van der Waals surface area contributed by atoms with E-state index in [-0.39, 0.29) is 36.5 Å². The van der Waals surface area contributed by atoms with Crippen molar-refractivity contribution in [2.45, 2.75) is 96.4 Å². The van der Waals surface area contributed by atoms with Crippen molar-refractivity contribution in [2.24, 2.45) is 11.3 Å².